The summed E-state index contributed by atoms with van der Waals surface area (Å²) in [6.07, 6.45) is 1.97. The van der Waals surface area contributed by atoms with Crippen molar-refractivity contribution < 1.29 is 13.9 Å². The number of rotatable bonds is 6. The van der Waals surface area contributed by atoms with E-state index in [0.717, 1.165) is 40.5 Å². The minimum atomic E-state index is -0.285. The quantitative estimate of drug-likeness (QED) is 0.569. The van der Waals surface area contributed by atoms with Gasteiger partial charge in [-0.25, -0.2) is 9.37 Å². The number of hydrogen-bond donors (Lipinski definition) is 0. The highest BCUT2D eigenvalue weighted by Gasteiger charge is 2.27. The molecule has 0 radical (unpaired) electrons. The maximum atomic E-state index is 13.6. The van der Waals surface area contributed by atoms with E-state index in [1.807, 2.05) is 37.3 Å². The molecule has 3 aromatic rings. The first-order valence-electron chi connectivity index (χ1n) is 9.78. The van der Waals surface area contributed by atoms with Crippen molar-refractivity contribution in [3.8, 4) is 10.4 Å². The second-order valence-corrected chi connectivity index (χ2v) is 8.43. The third-order valence-corrected chi connectivity index (χ3v) is 6.01. The van der Waals surface area contributed by atoms with Gasteiger partial charge in [-0.05, 0) is 43.0 Å². The van der Waals surface area contributed by atoms with Gasteiger partial charge in [-0.3, -0.25) is 4.79 Å². The van der Waals surface area contributed by atoms with E-state index < -0.39 is 0 Å². The number of benzene rings is 2. The predicted molar refractivity (Wildman–Crippen MR) is 112 cm³/mol. The van der Waals surface area contributed by atoms with E-state index in [9.17, 15) is 9.18 Å². The zero-order valence-electron chi connectivity index (χ0n) is 16.3. The molecule has 1 fully saturated rings. The molecule has 1 atom stereocenters. The van der Waals surface area contributed by atoms with Crippen LogP contribution in [0.4, 0.5) is 4.39 Å². The normalized spacial score (nSPS) is 16.1. The number of carbonyl (C=O) groups excluding carboxylic acids is 1. The molecular formula is C23H23FN2O2S. The fourth-order valence-corrected chi connectivity index (χ4v) is 4.49. The third kappa shape index (κ3) is 4.71. The highest BCUT2D eigenvalue weighted by molar-refractivity contribution is 7.15. The molecule has 1 aromatic heterocycles. The topological polar surface area (TPSA) is 42.4 Å². The van der Waals surface area contributed by atoms with Crippen LogP contribution in [0.3, 0.4) is 0 Å². The first kappa shape index (κ1) is 19.7. The highest BCUT2D eigenvalue weighted by Crippen LogP contribution is 2.31. The van der Waals surface area contributed by atoms with Crippen molar-refractivity contribution in [3.05, 3.63) is 76.7 Å². The predicted octanol–water partition coefficient (Wildman–Crippen LogP) is 5.08. The van der Waals surface area contributed by atoms with Crippen LogP contribution in [0.15, 0.2) is 54.6 Å². The van der Waals surface area contributed by atoms with Gasteiger partial charge >= 0.3 is 0 Å². The van der Waals surface area contributed by atoms with Crippen molar-refractivity contribution in [2.24, 2.45) is 0 Å². The lowest BCUT2D eigenvalue weighted by atomic mass is 10.1. The summed E-state index contributed by atoms with van der Waals surface area (Å²) in [6, 6.07) is 16.1. The molecule has 1 amide bonds. The van der Waals surface area contributed by atoms with Crippen molar-refractivity contribution in [1.82, 2.24) is 9.88 Å². The van der Waals surface area contributed by atoms with Crippen LogP contribution in [-0.4, -0.2) is 35.0 Å². The molecule has 2 heterocycles. The Labute approximate surface area is 174 Å². The Balaban J connectivity index is 1.65. The summed E-state index contributed by atoms with van der Waals surface area (Å²) in [5.41, 5.74) is 2.34. The van der Waals surface area contributed by atoms with Gasteiger partial charge in [0.2, 0.25) is 0 Å². The second kappa shape index (κ2) is 8.84. The van der Waals surface area contributed by atoms with Crippen LogP contribution in [0.25, 0.3) is 10.4 Å². The molecule has 0 saturated carbocycles. The lowest BCUT2D eigenvalue weighted by Crippen LogP contribution is -2.37. The molecule has 29 heavy (non-hydrogen) atoms. The molecule has 1 saturated heterocycles. The molecule has 1 unspecified atom stereocenters. The number of thiazole rings is 1. The Morgan fingerprint density at radius 1 is 1.21 bits per heavy atom. The summed E-state index contributed by atoms with van der Waals surface area (Å²) in [4.78, 5) is 20.8. The minimum absolute atomic E-state index is 0.0271. The Morgan fingerprint density at radius 2 is 1.97 bits per heavy atom. The van der Waals surface area contributed by atoms with Gasteiger partial charge in [-0.1, -0.05) is 42.5 Å². The van der Waals surface area contributed by atoms with Crippen molar-refractivity contribution >= 4 is 17.2 Å². The molecule has 150 valence electrons. The van der Waals surface area contributed by atoms with Gasteiger partial charge in [0.15, 0.2) is 0 Å². The van der Waals surface area contributed by atoms with Crippen LogP contribution < -0.4 is 0 Å². The molecular weight excluding hydrogens is 387 g/mol. The van der Waals surface area contributed by atoms with Gasteiger partial charge in [0.1, 0.15) is 11.5 Å². The van der Waals surface area contributed by atoms with E-state index in [-0.39, 0.29) is 17.8 Å². The molecule has 4 nitrogen and oxygen atoms in total. The molecule has 2 aromatic carbocycles. The Morgan fingerprint density at radius 3 is 2.66 bits per heavy atom. The van der Waals surface area contributed by atoms with Crippen LogP contribution >= 0.6 is 11.3 Å². The summed E-state index contributed by atoms with van der Waals surface area (Å²) < 4.78 is 19.1. The Kier molecular flexibility index (Phi) is 6.02. The van der Waals surface area contributed by atoms with E-state index in [4.69, 9.17) is 4.74 Å². The van der Waals surface area contributed by atoms with Crippen molar-refractivity contribution in [2.75, 3.05) is 13.2 Å². The summed E-state index contributed by atoms with van der Waals surface area (Å²) in [7, 11) is 0. The largest absolute Gasteiger partial charge is 0.376 e. The zero-order chi connectivity index (χ0) is 20.2. The van der Waals surface area contributed by atoms with Crippen LogP contribution in [0.1, 0.15) is 33.9 Å². The molecule has 1 aliphatic heterocycles. The summed E-state index contributed by atoms with van der Waals surface area (Å²) in [5.74, 6) is -0.403. The monoisotopic (exact) mass is 410 g/mol. The van der Waals surface area contributed by atoms with E-state index in [2.05, 4.69) is 4.98 Å². The molecule has 0 spiro atoms. The molecule has 1 aliphatic rings. The number of aromatic nitrogens is 1. The Bertz CT molecular complexity index is 966. The van der Waals surface area contributed by atoms with Crippen molar-refractivity contribution in [3.63, 3.8) is 0 Å². The van der Waals surface area contributed by atoms with Crippen LogP contribution in [0.5, 0.6) is 0 Å². The van der Waals surface area contributed by atoms with Gasteiger partial charge in [0.25, 0.3) is 5.91 Å². The van der Waals surface area contributed by atoms with Gasteiger partial charge in [-0.2, -0.15) is 0 Å². The fraction of sp³-hybridized carbons (Fsp3) is 0.304. The molecule has 0 bridgehead atoms. The second-order valence-electron chi connectivity index (χ2n) is 7.22. The maximum Gasteiger partial charge on any atom is 0.274 e. The number of halogens is 1. The van der Waals surface area contributed by atoms with E-state index in [1.54, 1.807) is 17.0 Å². The smallest absolute Gasteiger partial charge is 0.274 e. The standard InChI is InChI=1S/C23H23FN2O2S/c1-16-25-21(22(29-16)18-6-3-2-4-7-18)23(27)26(15-20-8-5-13-28-20)14-17-9-11-19(24)12-10-17/h2-4,6-7,9-12,20H,5,8,13-15H2,1H3. The van der Waals surface area contributed by atoms with Gasteiger partial charge in [0, 0.05) is 19.7 Å². The summed E-state index contributed by atoms with van der Waals surface area (Å²) >= 11 is 1.52. The minimum Gasteiger partial charge on any atom is -0.376 e. The Hall–Kier alpha value is -2.57. The highest BCUT2D eigenvalue weighted by atomic mass is 32.1. The number of ether oxygens (including phenoxy) is 1. The average molecular weight is 411 g/mol. The first-order valence-corrected chi connectivity index (χ1v) is 10.6. The lowest BCUT2D eigenvalue weighted by Gasteiger charge is -2.25. The number of hydrogen-bond acceptors (Lipinski definition) is 4. The number of amides is 1. The molecule has 4 rings (SSSR count). The van der Waals surface area contributed by atoms with Gasteiger partial charge in [-0.15, -0.1) is 11.3 Å². The summed E-state index contributed by atoms with van der Waals surface area (Å²) in [6.45, 7) is 3.54. The first-order chi connectivity index (χ1) is 14.1. The van der Waals surface area contributed by atoms with Crippen molar-refractivity contribution in [1.29, 1.82) is 0 Å². The lowest BCUT2D eigenvalue weighted by molar-refractivity contribution is 0.0504. The fourth-order valence-electron chi connectivity index (χ4n) is 3.57. The molecule has 0 aliphatic carbocycles. The molecule has 0 N–H and O–H groups in total. The van der Waals surface area contributed by atoms with E-state index in [1.165, 1.54) is 23.5 Å². The SMILES string of the molecule is Cc1nc(C(=O)N(Cc2ccc(F)cc2)CC2CCCO2)c(-c2ccccc2)s1. The summed E-state index contributed by atoms with van der Waals surface area (Å²) in [5, 5.41) is 0.853. The van der Waals surface area contributed by atoms with Crippen LogP contribution in [-0.2, 0) is 11.3 Å². The maximum absolute atomic E-state index is 13.6. The number of aryl methyl sites for hydroxylation is 1. The average Bonchev–Trinajstić information content (AvgIpc) is 3.39. The molecule has 6 heteroatoms. The third-order valence-electron chi connectivity index (χ3n) is 4.99. The van der Waals surface area contributed by atoms with Crippen LogP contribution in [0, 0.1) is 12.7 Å². The van der Waals surface area contributed by atoms with Gasteiger partial charge in [0.05, 0.1) is 16.0 Å². The number of nitrogens with zero attached hydrogens (tertiary/aromatic N) is 2. The zero-order valence-corrected chi connectivity index (χ0v) is 17.1. The van der Waals surface area contributed by atoms with Gasteiger partial charge < -0.3 is 9.64 Å². The van der Waals surface area contributed by atoms with Crippen LogP contribution in [0.2, 0.25) is 0 Å². The van der Waals surface area contributed by atoms with Crippen molar-refractivity contribution in [2.45, 2.75) is 32.4 Å². The van der Waals surface area contributed by atoms with E-state index >= 15 is 0 Å². The number of carbonyl (C=O) groups is 1. The van der Waals surface area contributed by atoms with E-state index in [0.29, 0.717) is 18.8 Å².